The van der Waals surface area contributed by atoms with Crippen LogP contribution in [0.2, 0.25) is 0 Å². The lowest BCUT2D eigenvalue weighted by atomic mass is 10.1. The van der Waals surface area contributed by atoms with E-state index in [9.17, 15) is 14.4 Å². The normalized spacial score (nSPS) is 12.6. The van der Waals surface area contributed by atoms with Gasteiger partial charge in [-0.1, -0.05) is 222 Å². The molecule has 368 valence electrons. The minimum atomic E-state index is -0.789. The molecule has 0 bridgehead atoms. The number of hydrogen-bond acceptors (Lipinski definition) is 6. The van der Waals surface area contributed by atoms with Gasteiger partial charge in [-0.15, -0.1) is 0 Å². The third-order valence-electron chi connectivity index (χ3n) is 11.4. The van der Waals surface area contributed by atoms with Crippen molar-refractivity contribution in [2.75, 3.05) is 13.2 Å². The van der Waals surface area contributed by atoms with Gasteiger partial charge in [0.05, 0.1) is 0 Å². The highest BCUT2D eigenvalue weighted by molar-refractivity contribution is 5.71. The number of rotatable bonds is 48. The Hall–Kier alpha value is -3.15. The van der Waals surface area contributed by atoms with Gasteiger partial charge in [0.1, 0.15) is 13.2 Å². The van der Waals surface area contributed by atoms with Crippen LogP contribution in [0.15, 0.2) is 72.9 Å². The van der Waals surface area contributed by atoms with Crippen molar-refractivity contribution in [3.05, 3.63) is 72.9 Å². The van der Waals surface area contributed by atoms with Gasteiger partial charge in [0, 0.05) is 19.3 Å². The van der Waals surface area contributed by atoms with E-state index in [0.29, 0.717) is 19.3 Å². The molecular formula is C58H100O6. The largest absolute Gasteiger partial charge is 0.462 e. The van der Waals surface area contributed by atoms with Crippen LogP contribution in [0.1, 0.15) is 258 Å². The van der Waals surface area contributed by atoms with E-state index < -0.39 is 6.10 Å². The van der Waals surface area contributed by atoms with Gasteiger partial charge in [0.2, 0.25) is 0 Å². The molecule has 1 atom stereocenters. The molecule has 0 heterocycles. The highest BCUT2D eigenvalue weighted by atomic mass is 16.6. The topological polar surface area (TPSA) is 78.9 Å². The van der Waals surface area contributed by atoms with E-state index in [1.807, 2.05) is 0 Å². The highest BCUT2D eigenvalue weighted by Crippen LogP contribution is 2.15. The standard InChI is InChI=1S/C58H100O6/c1-4-7-10-13-16-19-22-24-26-28-29-31-32-34-36-39-42-45-48-51-57(60)63-54-55(53-62-56(59)50-47-44-41-38-21-18-15-12-9-6-3)64-58(61)52-49-46-43-40-37-35-33-30-27-25-23-20-17-14-11-8-5-2/h7,10,16,19,24-27,29,31,34,36,55H,4-6,8-9,11-15,17-18,20-23,28,30,32-33,35,37-54H2,1-3H3/b10-7-,19-16-,26-24-,27-25-,31-29-,36-34-/t55-/m1/s1. The number of unbranched alkanes of at least 4 members (excludes halogenated alkanes) is 25. The van der Waals surface area contributed by atoms with Crippen LogP contribution < -0.4 is 0 Å². The van der Waals surface area contributed by atoms with Crippen LogP contribution >= 0.6 is 0 Å². The Morgan fingerprint density at radius 1 is 0.328 bits per heavy atom. The molecular weight excluding hydrogens is 793 g/mol. The first-order valence-electron chi connectivity index (χ1n) is 26.9. The quantitative estimate of drug-likeness (QED) is 0.0262. The fourth-order valence-electron chi connectivity index (χ4n) is 7.40. The fraction of sp³-hybridized carbons (Fsp3) is 0.741. The van der Waals surface area contributed by atoms with Crippen LogP contribution in [0.3, 0.4) is 0 Å². The molecule has 0 fully saturated rings. The lowest BCUT2D eigenvalue weighted by Crippen LogP contribution is -2.30. The molecule has 64 heavy (non-hydrogen) atoms. The summed E-state index contributed by atoms with van der Waals surface area (Å²) in [6.07, 6.45) is 66.0. The van der Waals surface area contributed by atoms with E-state index >= 15 is 0 Å². The predicted octanol–water partition coefficient (Wildman–Crippen LogP) is 17.8. The Morgan fingerprint density at radius 3 is 0.984 bits per heavy atom. The number of carbonyl (C=O) groups is 3. The van der Waals surface area contributed by atoms with E-state index in [-0.39, 0.29) is 31.1 Å². The first-order valence-corrected chi connectivity index (χ1v) is 26.9. The van der Waals surface area contributed by atoms with Crippen LogP contribution in [0.5, 0.6) is 0 Å². The van der Waals surface area contributed by atoms with Crippen molar-refractivity contribution >= 4 is 17.9 Å². The predicted molar refractivity (Wildman–Crippen MR) is 274 cm³/mol. The van der Waals surface area contributed by atoms with Crippen LogP contribution in [0, 0.1) is 0 Å². The SMILES string of the molecule is CC/C=C\C/C=C\C/C=C\C/C=C\C/C=C\CCCCCC(=O)OC[C@@H](COC(=O)CCCCCCCCCCCC)OC(=O)CCCCCCCCC/C=C\CCCCCCCC. The second kappa shape index (κ2) is 52.5. The van der Waals surface area contributed by atoms with Gasteiger partial charge in [0.25, 0.3) is 0 Å². The maximum absolute atomic E-state index is 12.8. The van der Waals surface area contributed by atoms with Crippen LogP contribution in [0.25, 0.3) is 0 Å². The molecule has 0 aliphatic carbocycles. The summed E-state index contributed by atoms with van der Waals surface area (Å²) in [5.41, 5.74) is 0. The molecule has 0 saturated carbocycles. The van der Waals surface area contributed by atoms with Crippen molar-refractivity contribution in [2.45, 2.75) is 264 Å². The minimum absolute atomic E-state index is 0.0862. The van der Waals surface area contributed by atoms with Gasteiger partial charge in [0.15, 0.2) is 6.10 Å². The first-order chi connectivity index (χ1) is 31.5. The van der Waals surface area contributed by atoms with Crippen molar-refractivity contribution in [1.82, 2.24) is 0 Å². The summed E-state index contributed by atoms with van der Waals surface area (Å²) in [7, 11) is 0. The van der Waals surface area contributed by atoms with Crippen LogP contribution in [-0.2, 0) is 28.6 Å². The third kappa shape index (κ3) is 49.9. The van der Waals surface area contributed by atoms with Crippen molar-refractivity contribution in [2.24, 2.45) is 0 Å². The molecule has 0 amide bonds. The van der Waals surface area contributed by atoms with Crippen molar-refractivity contribution in [3.8, 4) is 0 Å². The van der Waals surface area contributed by atoms with Gasteiger partial charge in [-0.3, -0.25) is 14.4 Å². The third-order valence-corrected chi connectivity index (χ3v) is 11.4. The monoisotopic (exact) mass is 893 g/mol. The zero-order chi connectivity index (χ0) is 46.5. The van der Waals surface area contributed by atoms with E-state index in [1.165, 1.54) is 122 Å². The van der Waals surface area contributed by atoms with E-state index in [2.05, 4.69) is 93.7 Å². The number of ether oxygens (including phenoxy) is 3. The van der Waals surface area contributed by atoms with Gasteiger partial charge in [-0.05, 0) is 89.9 Å². The average Bonchev–Trinajstić information content (AvgIpc) is 3.29. The van der Waals surface area contributed by atoms with Gasteiger partial charge < -0.3 is 14.2 Å². The smallest absolute Gasteiger partial charge is 0.306 e. The zero-order valence-corrected chi connectivity index (χ0v) is 42.0. The van der Waals surface area contributed by atoms with E-state index in [1.54, 1.807) is 0 Å². The molecule has 0 aromatic carbocycles. The molecule has 0 aliphatic heterocycles. The molecule has 0 aromatic heterocycles. The Morgan fingerprint density at radius 2 is 0.609 bits per heavy atom. The minimum Gasteiger partial charge on any atom is -0.462 e. The summed E-state index contributed by atoms with van der Waals surface area (Å²) >= 11 is 0. The van der Waals surface area contributed by atoms with Gasteiger partial charge >= 0.3 is 17.9 Å². The second-order valence-electron chi connectivity index (χ2n) is 17.8. The Bertz CT molecular complexity index is 1210. The lowest BCUT2D eigenvalue weighted by molar-refractivity contribution is -0.167. The maximum Gasteiger partial charge on any atom is 0.306 e. The van der Waals surface area contributed by atoms with E-state index in [4.69, 9.17) is 14.2 Å². The summed E-state index contributed by atoms with van der Waals surface area (Å²) in [5.74, 6) is -0.921. The summed E-state index contributed by atoms with van der Waals surface area (Å²) < 4.78 is 16.8. The summed E-state index contributed by atoms with van der Waals surface area (Å²) in [5, 5.41) is 0. The van der Waals surface area contributed by atoms with E-state index in [0.717, 1.165) is 96.3 Å². The number of hydrogen-bond donors (Lipinski definition) is 0. The Balaban J connectivity index is 4.40. The number of esters is 3. The lowest BCUT2D eigenvalue weighted by Gasteiger charge is -2.18. The Labute approximate surface area is 395 Å². The van der Waals surface area contributed by atoms with Crippen molar-refractivity contribution in [1.29, 1.82) is 0 Å². The molecule has 0 spiro atoms. The van der Waals surface area contributed by atoms with Crippen LogP contribution in [-0.4, -0.2) is 37.2 Å². The average molecular weight is 893 g/mol. The van der Waals surface area contributed by atoms with Gasteiger partial charge in [-0.2, -0.15) is 0 Å². The molecule has 0 rings (SSSR count). The molecule has 0 saturated heterocycles. The molecule has 0 aromatic rings. The molecule has 0 radical (unpaired) electrons. The number of carbonyl (C=O) groups excluding carboxylic acids is 3. The Kier molecular flexibility index (Phi) is 49.9. The van der Waals surface area contributed by atoms with Crippen LogP contribution in [0.4, 0.5) is 0 Å². The summed E-state index contributed by atoms with van der Waals surface area (Å²) in [6, 6.07) is 0. The zero-order valence-electron chi connectivity index (χ0n) is 42.0. The summed E-state index contributed by atoms with van der Waals surface area (Å²) in [6.45, 7) is 6.48. The number of allylic oxidation sites excluding steroid dienone is 12. The second-order valence-corrected chi connectivity index (χ2v) is 17.8. The van der Waals surface area contributed by atoms with Crippen molar-refractivity contribution in [3.63, 3.8) is 0 Å². The highest BCUT2D eigenvalue weighted by Gasteiger charge is 2.19. The molecule has 6 heteroatoms. The molecule has 0 N–H and O–H groups in total. The maximum atomic E-state index is 12.8. The molecule has 6 nitrogen and oxygen atoms in total. The fourth-order valence-corrected chi connectivity index (χ4v) is 7.40. The first kappa shape index (κ1) is 60.9. The molecule has 0 aliphatic rings. The van der Waals surface area contributed by atoms with Crippen molar-refractivity contribution < 1.29 is 28.6 Å². The van der Waals surface area contributed by atoms with Gasteiger partial charge in [-0.25, -0.2) is 0 Å². The molecule has 0 unspecified atom stereocenters. The summed E-state index contributed by atoms with van der Waals surface area (Å²) in [4.78, 5) is 38.0.